The highest BCUT2D eigenvalue weighted by Gasteiger charge is 2.12. The Balaban J connectivity index is 1.39. The van der Waals surface area contributed by atoms with E-state index in [1.165, 1.54) is 0 Å². The van der Waals surface area contributed by atoms with Gasteiger partial charge in [0.1, 0.15) is 34.2 Å². The summed E-state index contributed by atoms with van der Waals surface area (Å²) in [6.07, 6.45) is 0.960. The van der Waals surface area contributed by atoms with Crippen molar-refractivity contribution in [3.63, 3.8) is 0 Å². The first-order valence-corrected chi connectivity index (χ1v) is 10.6. The number of hydrogen-bond acceptors (Lipinski definition) is 5. The highest BCUT2D eigenvalue weighted by molar-refractivity contribution is 5.86. The lowest BCUT2D eigenvalue weighted by Crippen LogP contribution is -2.15. The number of phenols is 1. The summed E-state index contributed by atoms with van der Waals surface area (Å²) in [6.45, 7) is 1.64. The van der Waals surface area contributed by atoms with Crippen LogP contribution in [0.4, 0.5) is 0 Å². The number of benzene rings is 3. The van der Waals surface area contributed by atoms with E-state index in [-0.39, 0.29) is 5.75 Å². The van der Waals surface area contributed by atoms with Gasteiger partial charge in [-0.25, -0.2) is 9.97 Å². The molecule has 0 radical (unpaired) electrons. The van der Waals surface area contributed by atoms with Crippen LogP contribution in [0.25, 0.3) is 44.8 Å². The number of rotatable bonds is 7. The molecule has 7 nitrogen and oxygen atoms in total. The van der Waals surface area contributed by atoms with Crippen LogP contribution in [0.15, 0.2) is 60.7 Å². The zero-order valence-corrected chi connectivity index (χ0v) is 18.1. The largest absolute Gasteiger partial charge is 0.506 e. The molecule has 0 unspecified atom stereocenters. The summed E-state index contributed by atoms with van der Waals surface area (Å²) < 4.78 is 5.99. The molecule has 0 saturated heterocycles. The molecule has 162 valence electrons. The predicted molar refractivity (Wildman–Crippen MR) is 127 cm³/mol. The molecule has 0 aliphatic heterocycles. The summed E-state index contributed by atoms with van der Waals surface area (Å²) in [7, 11) is 4.12. The predicted octanol–water partition coefficient (Wildman–Crippen LogP) is 4.81. The number of para-hydroxylation sites is 2. The summed E-state index contributed by atoms with van der Waals surface area (Å²) in [5, 5.41) is 10.0. The second-order valence-corrected chi connectivity index (χ2v) is 8.08. The van der Waals surface area contributed by atoms with Crippen LogP contribution in [-0.4, -0.2) is 57.2 Å². The molecule has 3 aromatic carbocycles. The minimum Gasteiger partial charge on any atom is -0.506 e. The minimum atomic E-state index is 0.170. The number of H-pyrrole nitrogens is 2. The number of aromatic amines is 2. The van der Waals surface area contributed by atoms with E-state index in [9.17, 15) is 5.11 Å². The maximum atomic E-state index is 10.0. The molecule has 0 amide bonds. The van der Waals surface area contributed by atoms with E-state index in [0.717, 1.165) is 52.2 Å². The Kier molecular flexibility index (Phi) is 5.25. The maximum Gasteiger partial charge on any atom is 0.147 e. The molecule has 5 rings (SSSR count). The second kappa shape index (κ2) is 8.36. The van der Waals surface area contributed by atoms with Crippen molar-refractivity contribution in [3.8, 4) is 34.3 Å². The Morgan fingerprint density at radius 1 is 0.812 bits per heavy atom. The molecule has 0 fully saturated rings. The third-order valence-electron chi connectivity index (χ3n) is 5.41. The molecule has 0 atom stereocenters. The molecule has 0 aliphatic carbocycles. The molecule has 5 aromatic rings. The number of imidazole rings is 2. The van der Waals surface area contributed by atoms with Crippen LogP contribution in [0, 0.1) is 0 Å². The average molecular weight is 428 g/mol. The Hall–Kier alpha value is -3.84. The third-order valence-corrected chi connectivity index (χ3v) is 5.41. The van der Waals surface area contributed by atoms with Gasteiger partial charge in [0, 0.05) is 17.7 Å². The van der Waals surface area contributed by atoms with Crippen molar-refractivity contribution in [2.24, 2.45) is 0 Å². The zero-order chi connectivity index (χ0) is 22.1. The van der Waals surface area contributed by atoms with Crippen molar-refractivity contribution in [2.45, 2.75) is 6.42 Å². The molecule has 0 bridgehead atoms. The van der Waals surface area contributed by atoms with Crippen LogP contribution >= 0.6 is 0 Å². The summed E-state index contributed by atoms with van der Waals surface area (Å²) in [5.41, 5.74) is 5.07. The van der Waals surface area contributed by atoms with Crippen molar-refractivity contribution in [3.05, 3.63) is 60.7 Å². The number of nitrogens with zero attached hydrogens (tertiary/aromatic N) is 3. The highest BCUT2D eigenvalue weighted by atomic mass is 16.5. The van der Waals surface area contributed by atoms with E-state index in [0.29, 0.717) is 17.9 Å². The van der Waals surface area contributed by atoms with E-state index in [4.69, 9.17) is 9.72 Å². The fourth-order valence-electron chi connectivity index (χ4n) is 3.76. The fraction of sp³-hybridized carbons (Fsp3) is 0.200. The van der Waals surface area contributed by atoms with E-state index >= 15 is 0 Å². The number of phenolic OH excluding ortho intramolecular Hbond substituents is 1. The second-order valence-electron chi connectivity index (χ2n) is 8.08. The highest BCUT2D eigenvalue weighted by Crippen LogP contribution is 2.30. The van der Waals surface area contributed by atoms with E-state index in [1.54, 1.807) is 12.1 Å². The Bertz CT molecular complexity index is 1370. The van der Waals surface area contributed by atoms with Crippen LogP contribution < -0.4 is 4.74 Å². The molecule has 3 N–H and O–H groups in total. The van der Waals surface area contributed by atoms with Crippen molar-refractivity contribution in [1.29, 1.82) is 0 Å². The summed E-state index contributed by atoms with van der Waals surface area (Å²) in [5.74, 6) is 2.47. The lowest BCUT2D eigenvalue weighted by Gasteiger charge is -2.10. The molecular formula is C25H25N5O2. The lowest BCUT2D eigenvalue weighted by atomic mass is 10.1. The summed E-state index contributed by atoms with van der Waals surface area (Å²) in [6, 6.07) is 19.3. The van der Waals surface area contributed by atoms with Gasteiger partial charge in [0.25, 0.3) is 0 Å². The van der Waals surface area contributed by atoms with E-state index in [2.05, 4.69) is 33.9 Å². The van der Waals surface area contributed by atoms with Crippen molar-refractivity contribution < 1.29 is 9.84 Å². The molecule has 2 heterocycles. The van der Waals surface area contributed by atoms with E-state index in [1.807, 2.05) is 48.5 Å². The van der Waals surface area contributed by atoms with Gasteiger partial charge in [-0.3, -0.25) is 0 Å². The molecule has 0 spiro atoms. The quantitative estimate of drug-likeness (QED) is 0.324. The number of aromatic nitrogens is 4. The van der Waals surface area contributed by atoms with Crippen molar-refractivity contribution >= 4 is 22.1 Å². The Morgan fingerprint density at radius 3 is 2.03 bits per heavy atom. The third kappa shape index (κ3) is 3.90. The van der Waals surface area contributed by atoms with Crippen LogP contribution in [0.5, 0.6) is 11.5 Å². The molecule has 0 aliphatic rings. The molecule has 7 heteroatoms. The van der Waals surface area contributed by atoms with Crippen molar-refractivity contribution in [1.82, 2.24) is 24.8 Å². The van der Waals surface area contributed by atoms with Gasteiger partial charge < -0.3 is 24.7 Å². The van der Waals surface area contributed by atoms with Gasteiger partial charge in [0.05, 0.1) is 17.6 Å². The molecule has 32 heavy (non-hydrogen) atoms. The SMILES string of the molecule is CN(C)CCCOc1cccc2[nH]c(-c3ccc(-c4nc5c(O)cccc5[nH]4)cc3)nc12. The van der Waals surface area contributed by atoms with Crippen LogP contribution in [0.1, 0.15) is 6.42 Å². The Labute approximate surface area is 185 Å². The maximum absolute atomic E-state index is 10.0. The van der Waals surface area contributed by atoms with Crippen molar-refractivity contribution in [2.75, 3.05) is 27.2 Å². The average Bonchev–Trinajstić information content (AvgIpc) is 3.42. The number of nitrogens with one attached hydrogen (secondary N) is 2. The normalized spacial score (nSPS) is 11.6. The van der Waals surface area contributed by atoms with Gasteiger partial charge in [0.15, 0.2) is 0 Å². The first-order chi connectivity index (χ1) is 15.6. The number of ether oxygens (including phenoxy) is 1. The first-order valence-electron chi connectivity index (χ1n) is 10.6. The fourth-order valence-corrected chi connectivity index (χ4v) is 3.76. The number of hydrogen-bond donors (Lipinski definition) is 3. The number of fused-ring (bicyclic) bond motifs is 2. The van der Waals surface area contributed by atoms with Gasteiger partial charge in [-0.15, -0.1) is 0 Å². The van der Waals surface area contributed by atoms with E-state index < -0.39 is 0 Å². The van der Waals surface area contributed by atoms with Gasteiger partial charge in [-0.2, -0.15) is 0 Å². The van der Waals surface area contributed by atoms with Gasteiger partial charge in [0.2, 0.25) is 0 Å². The van der Waals surface area contributed by atoms with Gasteiger partial charge in [-0.1, -0.05) is 36.4 Å². The topological polar surface area (TPSA) is 90.1 Å². The molecular weight excluding hydrogens is 402 g/mol. The lowest BCUT2D eigenvalue weighted by molar-refractivity contribution is 0.284. The van der Waals surface area contributed by atoms with Gasteiger partial charge in [-0.05, 0) is 44.8 Å². The number of aromatic hydroxyl groups is 1. The first kappa shape index (κ1) is 20.1. The van der Waals surface area contributed by atoms with Crippen LogP contribution in [0.3, 0.4) is 0 Å². The monoisotopic (exact) mass is 427 g/mol. The summed E-state index contributed by atoms with van der Waals surface area (Å²) >= 11 is 0. The Morgan fingerprint density at radius 2 is 1.41 bits per heavy atom. The smallest absolute Gasteiger partial charge is 0.147 e. The van der Waals surface area contributed by atoms with Gasteiger partial charge >= 0.3 is 0 Å². The van der Waals surface area contributed by atoms with Crippen LogP contribution in [0.2, 0.25) is 0 Å². The zero-order valence-electron chi connectivity index (χ0n) is 18.1. The van der Waals surface area contributed by atoms with Crippen LogP contribution in [-0.2, 0) is 0 Å². The molecule has 2 aromatic heterocycles. The molecule has 0 saturated carbocycles. The minimum absolute atomic E-state index is 0.170. The standard InChI is InChI=1S/C25H25N5O2/c1-30(2)14-5-15-32-21-9-4-7-19-23(21)29-25(27-19)17-12-10-16(11-13-17)24-26-18-6-3-8-20(31)22(18)28-24/h3-4,6-13,31H,5,14-15H2,1-2H3,(H,26,28)(H,27,29). The summed E-state index contributed by atoms with van der Waals surface area (Å²) in [4.78, 5) is 18.1.